The number of aryl methyl sites for hydroxylation is 1. The van der Waals surface area contributed by atoms with Crippen LogP contribution in [0.25, 0.3) is 16.7 Å². The number of anilines is 1. The van der Waals surface area contributed by atoms with E-state index in [4.69, 9.17) is 16.6 Å². The van der Waals surface area contributed by atoms with Gasteiger partial charge in [0.25, 0.3) is 0 Å². The standard InChI is InChI=1S/C21H20ClN6/c1-13-6-7-17(28-23-9-10-24-28)18(12-13)27-11-8-14(2)20(27)21-25-16-5-3-4-15(22)19(16)26-21/h3-6,9-10,12,14,20H,8,11H2,1-2H3,(H,25,26)/t14-,20-/m0/s1. The van der Waals surface area contributed by atoms with Crippen LogP contribution in [-0.4, -0.2) is 31.5 Å². The Hall–Kier alpha value is -2.86. The lowest BCUT2D eigenvalue weighted by Crippen LogP contribution is -2.27. The van der Waals surface area contributed by atoms with Crippen LogP contribution in [0, 0.1) is 18.9 Å². The normalized spacial score (nSPS) is 19.6. The molecule has 0 bridgehead atoms. The van der Waals surface area contributed by atoms with Gasteiger partial charge >= 0.3 is 0 Å². The van der Waals surface area contributed by atoms with Crippen LogP contribution in [0.15, 0.2) is 42.7 Å². The lowest BCUT2D eigenvalue weighted by Gasteiger charge is -2.29. The molecule has 3 heterocycles. The van der Waals surface area contributed by atoms with E-state index in [2.05, 4.69) is 46.1 Å². The topological polar surface area (TPSA) is 62.6 Å². The SMILES string of the molecule is Cc1c[c]c(-n2nccn2)c(N2CC[C@H](C)[C@H]2c2nc3c(Cl)cccc3[nH]2)c1. The first-order valence-electron chi connectivity index (χ1n) is 9.41. The summed E-state index contributed by atoms with van der Waals surface area (Å²) < 4.78 is 0. The summed E-state index contributed by atoms with van der Waals surface area (Å²) in [4.78, 5) is 12.4. The first-order chi connectivity index (χ1) is 13.6. The molecule has 1 aliphatic rings. The van der Waals surface area contributed by atoms with Crippen LogP contribution < -0.4 is 4.90 Å². The van der Waals surface area contributed by atoms with Crippen LogP contribution in [0.1, 0.15) is 30.8 Å². The Balaban J connectivity index is 1.64. The quantitative estimate of drug-likeness (QED) is 0.558. The van der Waals surface area contributed by atoms with Crippen molar-refractivity contribution in [3.63, 3.8) is 0 Å². The maximum Gasteiger partial charge on any atom is 0.130 e. The smallest absolute Gasteiger partial charge is 0.130 e. The van der Waals surface area contributed by atoms with Crippen molar-refractivity contribution in [3.8, 4) is 5.69 Å². The van der Waals surface area contributed by atoms with E-state index in [9.17, 15) is 0 Å². The molecule has 0 unspecified atom stereocenters. The number of benzene rings is 2. The van der Waals surface area contributed by atoms with Crippen molar-refractivity contribution in [2.75, 3.05) is 11.4 Å². The lowest BCUT2D eigenvalue weighted by atomic mass is 10.0. The highest BCUT2D eigenvalue weighted by Gasteiger charge is 2.36. The van der Waals surface area contributed by atoms with E-state index in [1.165, 1.54) is 0 Å². The van der Waals surface area contributed by atoms with Crippen molar-refractivity contribution < 1.29 is 0 Å². The molecule has 2 aromatic carbocycles. The Morgan fingerprint density at radius 1 is 1.25 bits per heavy atom. The van der Waals surface area contributed by atoms with Crippen molar-refractivity contribution >= 4 is 28.3 Å². The second kappa shape index (κ2) is 6.63. The molecule has 7 heteroatoms. The minimum Gasteiger partial charge on any atom is -0.359 e. The molecular formula is C21H20ClN6. The zero-order valence-corrected chi connectivity index (χ0v) is 16.5. The fourth-order valence-electron chi connectivity index (χ4n) is 4.08. The van der Waals surface area contributed by atoms with Gasteiger partial charge in [-0.15, -0.1) is 4.80 Å². The van der Waals surface area contributed by atoms with Gasteiger partial charge in [-0.2, -0.15) is 10.2 Å². The number of aromatic amines is 1. The highest BCUT2D eigenvalue weighted by molar-refractivity contribution is 6.34. The van der Waals surface area contributed by atoms with Gasteiger partial charge < -0.3 is 9.88 Å². The predicted molar refractivity (Wildman–Crippen MR) is 110 cm³/mol. The molecule has 1 N–H and O–H groups in total. The van der Waals surface area contributed by atoms with Crippen molar-refractivity contribution in [1.29, 1.82) is 0 Å². The number of aromatic nitrogens is 5. The molecule has 2 atom stereocenters. The van der Waals surface area contributed by atoms with E-state index in [0.717, 1.165) is 46.8 Å². The molecule has 1 radical (unpaired) electrons. The molecule has 0 saturated carbocycles. The summed E-state index contributed by atoms with van der Waals surface area (Å²) in [5.74, 6) is 1.38. The van der Waals surface area contributed by atoms with E-state index in [0.29, 0.717) is 10.9 Å². The Kier molecular flexibility index (Phi) is 4.09. The summed E-state index contributed by atoms with van der Waals surface area (Å²) >= 11 is 6.36. The molecule has 0 aliphatic carbocycles. The third-order valence-electron chi connectivity index (χ3n) is 5.43. The van der Waals surface area contributed by atoms with Gasteiger partial charge in [-0.1, -0.05) is 24.6 Å². The number of nitrogens with zero attached hydrogens (tertiary/aromatic N) is 5. The Morgan fingerprint density at radius 2 is 2.07 bits per heavy atom. The molecule has 28 heavy (non-hydrogen) atoms. The van der Waals surface area contributed by atoms with Crippen LogP contribution in [-0.2, 0) is 0 Å². The van der Waals surface area contributed by atoms with Gasteiger partial charge in [0.2, 0.25) is 0 Å². The fourth-order valence-corrected chi connectivity index (χ4v) is 4.30. The summed E-state index contributed by atoms with van der Waals surface area (Å²) in [6.07, 6.45) is 4.45. The molecule has 0 amide bonds. The molecule has 5 rings (SSSR count). The maximum atomic E-state index is 6.36. The van der Waals surface area contributed by atoms with E-state index < -0.39 is 0 Å². The van der Waals surface area contributed by atoms with Crippen molar-refractivity contribution in [1.82, 2.24) is 25.0 Å². The number of hydrogen-bond donors (Lipinski definition) is 1. The minimum atomic E-state index is 0.118. The molecule has 6 nitrogen and oxygen atoms in total. The van der Waals surface area contributed by atoms with Gasteiger partial charge in [0.15, 0.2) is 0 Å². The van der Waals surface area contributed by atoms with Gasteiger partial charge in [0.1, 0.15) is 17.0 Å². The third kappa shape index (κ3) is 2.76. The number of H-pyrrole nitrogens is 1. The van der Waals surface area contributed by atoms with Crippen LogP contribution in [0.3, 0.4) is 0 Å². The highest BCUT2D eigenvalue weighted by Crippen LogP contribution is 2.42. The largest absolute Gasteiger partial charge is 0.359 e. The fraction of sp³-hybridized carbons (Fsp3) is 0.286. The van der Waals surface area contributed by atoms with Gasteiger partial charge in [-0.05, 0) is 49.1 Å². The Morgan fingerprint density at radius 3 is 2.86 bits per heavy atom. The number of rotatable bonds is 3. The summed E-state index contributed by atoms with van der Waals surface area (Å²) in [6.45, 7) is 5.28. The maximum absolute atomic E-state index is 6.36. The average Bonchev–Trinajstić information content (AvgIpc) is 3.41. The minimum absolute atomic E-state index is 0.118. The van der Waals surface area contributed by atoms with E-state index in [1.54, 1.807) is 17.2 Å². The van der Waals surface area contributed by atoms with Crippen LogP contribution in [0.5, 0.6) is 0 Å². The number of fused-ring (bicyclic) bond motifs is 1. The lowest BCUT2D eigenvalue weighted by molar-refractivity contribution is 0.513. The van der Waals surface area contributed by atoms with Crippen molar-refractivity contribution in [3.05, 3.63) is 65.2 Å². The first-order valence-corrected chi connectivity index (χ1v) is 9.79. The zero-order valence-electron chi connectivity index (χ0n) is 15.7. The number of hydrogen-bond acceptors (Lipinski definition) is 4. The Labute approximate surface area is 168 Å². The molecule has 0 spiro atoms. The van der Waals surface area contributed by atoms with Crippen LogP contribution in [0.4, 0.5) is 5.69 Å². The molecule has 2 aromatic heterocycles. The summed E-state index contributed by atoms with van der Waals surface area (Å²) in [5.41, 5.74) is 4.85. The predicted octanol–water partition coefficient (Wildman–Crippen LogP) is 4.49. The van der Waals surface area contributed by atoms with Crippen molar-refractivity contribution in [2.45, 2.75) is 26.3 Å². The van der Waals surface area contributed by atoms with Gasteiger partial charge in [0, 0.05) is 12.6 Å². The third-order valence-corrected chi connectivity index (χ3v) is 5.74. The van der Waals surface area contributed by atoms with Gasteiger partial charge in [0.05, 0.1) is 34.7 Å². The monoisotopic (exact) mass is 391 g/mol. The van der Waals surface area contributed by atoms with Gasteiger partial charge in [-0.25, -0.2) is 4.98 Å². The molecule has 141 valence electrons. The van der Waals surface area contributed by atoms with E-state index >= 15 is 0 Å². The van der Waals surface area contributed by atoms with E-state index in [-0.39, 0.29) is 6.04 Å². The first kappa shape index (κ1) is 17.3. The van der Waals surface area contributed by atoms with Gasteiger partial charge in [-0.3, -0.25) is 0 Å². The number of nitrogens with one attached hydrogen (secondary N) is 1. The molecular weight excluding hydrogens is 372 g/mol. The van der Waals surface area contributed by atoms with Crippen LogP contribution in [0.2, 0.25) is 5.02 Å². The summed E-state index contributed by atoms with van der Waals surface area (Å²) in [6, 6.07) is 13.5. The second-order valence-corrected chi connectivity index (χ2v) is 7.80. The molecule has 1 aliphatic heterocycles. The average molecular weight is 392 g/mol. The van der Waals surface area contributed by atoms with Crippen molar-refractivity contribution in [2.24, 2.45) is 5.92 Å². The molecule has 1 fully saturated rings. The number of imidazole rings is 1. The zero-order chi connectivity index (χ0) is 19.3. The van der Waals surface area contributed by atoms with Crippen LogP contribution >= 0.6 is 11.6 Å². The van der Waals surface area contributed by atoms with E-state index in [1.807, 2.05) is 24.3 Å². The molecule has 1 saturated heterocycles. The second-order valence-electron chi connectivity index (χ2n) is 7.39. The summed E-state index contributed by atoms with van der Waals surface area (Å²) in [5, 5.41) is 9.31. The highest BCUT2D eigenvalue weighted by atomic mass is 35.5. The number of para-hydroxylation sites is 1. The molecule has 4 aromatic rings. The number of halogens is 1. The summed E-state index contributed by atoms with van der Waals surface area (Å²) in [7, 11) is 0. The Bertz CT molecular complexity index is 1130.